The van der Waals surface area contributed by atoms with Gasteiger partial charge in [-0.3, -0.25) is 9.59 Å². The molecule has 0 saturated heterocycles. The Morgan fingerprint density at radius 1 is 1.03 bits per heavy atom. The monoisotopic (exact) mass is 452 g/mol. The minimum atomic E-state index is -0.252. The molecule has 0 spiro atoms. The number of rotatable bonds is 10. The van der Waals surface area contributed by atoms with Crippen molar-refractivity contribution < 1.29 is 19.1 Å². The van der Waals surface area contributed by atoms with Crippen LogP contribution in [0.15, 0.2) is 42.5 Å². The van der Waals surface area contributed by atoms with Crippen LogP contribution in [0.25, 0.3) is 0 Å². The molecule has 8 heteroatoms. The number of hydrogen-bond acceptors (Lipinski definition) is 4. The third-order valence-electron chi connectivity index (χ3n) is 4.39. The van der Waals surface area contributed by atoms with Crippen molar-refractivity contribution in [3.63, 3.8) is 0 Å². The standard InChI is InChI=1S/C22H26Cl2N2O4/c1-4-17(15-8-5-6-10-18(15)30-14-21(28)26(2)3)25-20(27)12-13-29-19-11-7-9-16(23)22(19)24/h5-11,17H,4,12-14H2,1-3H3,(H,25,27). The number of nitrogens with one attached hydrogen (secondary N) is 1. The van der Waals surface area contributed by atoms with E-state index in [0.717, 1.165) is 5.56 Å². The summed E-state index contributed by atoms with van der Waals surface area (Å²) in [6, 6.07) is 12.2. The van der Waals surface area contributed by atoms with Gasteiger partial charge in [0.15, 0.2) is 6.61 Å². The molecule has 1 unspecified atom stereocenters. The first kappa shape index (κ1) is 23.8. The molecule has 0 saturated carbocycles. The number of hydrogen-bond donors (Lipinski definition) is 1. The molecule has 0 aliphatic rings. The van der Waals surface area contributed by atoms with Gasteiger partial charge in [0.05, 0.1) is 24.1 Å². The van der Waals surface area contributed by atoms with Crippen molar-refractivity contribution in [3.8, 4) is 11.5 Å². The summed E-state index contributed by atoms with van der Waals surface area (Å²) >= 11 is 12.0. The van der Waals surface area contributed by atoms with Crippen molar-refractivity contribution in [2.75, 3.05) is 27.3 Å². The lowest BCUT2D eigenvalue weighted by atomic mass is 10.0. The van der Waals surface area contributed by atoms with E-state index in [1.807, 2.05) is 25.1 Å². The lowest BCUT2D eigenvalue weighted by molar-refractivity contribution is -0.130. The van der Waals surface area contributed by atoms with Gasteiger partial charge in [-0.25, -0.2) is 0 Å². The van der Waals surface area contributed by atoms with Crippen LogP contribution >= 0.6 is 23.2 Å². The molecule has 0 heterocycles. The molecule has 0 radical (unpaired) electrons. The van der Waals surface area contributed by atoms with Crippen molar-refractivity contribution >= 4 is 35.0 Å². The Hall–Kier alpha value is -2.44. The summed E-state index contributed by atoms with van der Waals surface area (Å²) in [5.41, 5.74) is 0.818. The first-order chi connectivity index (χ1) is 14.3. The van der Waals surface area contributed by atoms with Crippen LogP contribution in [0.4, 0.5) is 0 Å². The van der Waals surface area contributed by atoms with Gasteiger partial charge in [0.1, 0.15) is 16.5 Å². The van der Waals surface area contributed by atoms with Crippen LogP contribution in [0.1, 0.15) is 31.4 Å². The van der Waals surface area contributed by atoms with Crippen LogP contribution < -0.4 is 14.8 Å². The van der Waals surface area contributed by atoms with E-state index in [1.165, 1.54) is 4.90 Å². The zero-order valence-electron chi connectivity index (χ0n) is 17.3. The van der Waals surface area contributed by atoms with E-state index in [1.54, 1.807) is 38.4 Å². The van der Waals surface area contributed by atoms with E-state index in [4.69, 9.17) is 32.7 Å². The summed E-state index contributed by atoms with van der Waals surface area (Å²) in [6.45, 7) is 2.06. The Morgan fingerprint density at radius 2 is 1.73 bits per heavy atom. The van der Waals surface area contributed by atoms with Gasteiger partial charge in [-0.05, 0) is 24.6 Å². The third kappa shape index (κ3) is 6.82. The predicted octanol–water partition coefficient (Wildman–Crippen LogP) is 4.50. The normalized spacial score (nSPS) is 11.5. The molecule has 30 heavy (non-hydrogen) atoms. The summed E-state index contributed by atoms with van der Waals surface area (Å²) in [6.07, 6.45) is 0.816. The maximum Gasteiger partial charge on any atom is 0.259 e. The summed E-state index contributed by atoms with van der Waals surface area (Å²) < 4.78 is 11.3. The Bertz CT molecular complexity index is 874. The number of halogens is 2. The minimum absolute atomic E-state index is 0.0668. The number of carbonyl (C=O) groups is 2. The SMILES string of the molecule is CCC(NC(=O)CCOc1cccc(Cl)c1Cl)c1ccccc1OCC(=O)N(C)C. The van der Waals surface area contributed by atoms with Gasteiger partial charge in [0, 0.05) is 19.7 Å². The lowest BCUT2D eigenvalue weighted by Crippen LogP contribution is -2.30. The predicted molar refractivity (Wildman–Crippen MR) is 118 cm³/mol. The molecule has 2 aromatic rings. The average Bonchev–Trinajstić information content (AvgIpc) is 2.73. The molecule has 0 aliphatic carbocycles. The van der Waals surface area contributed by atoms with E-state index in [2.05, 4.69) is 5.32 Å². The number of amides is 2. The van der Waals surface area contributed by atoms with E-state index in [0.29, 0.717) is 28.0 Å². The molecule has 0 aliphatic heterocycles. The van der Waals surface area contributed by atoms with Crippen LogP contribution in [0.2, 0.25) is 10.0 Å². The Morgan fingerprint density at radius 3 is 2.43 bits per heavy atom. The van der Waals surface area contributed by atoms with Crippen molar-refractivity contribution in [2.45, 2.75) is 25.8 Å². The lowest BCUT2D eigenvalue weighted by Gasteiger charge is -2.21. The third-order valence-corrected chi connectivity index (χ3v) is 5.19. The molecule has 2 aromatic carbocycles. The zero-order chi connectivity index (χ0) is 22.1. The van der Waals surface area contributed by atoms with E-state index in [9.17, 15) is 9.59 Å². The van der Waals surface area contributed by atoms with E-state index in [-0.39, 0.29) is 37.5 Å². The van der Waals surface area contributed by atoms with Crippen LogP contribution in [-0.2, 0) is 9.59 Å². The molecule has 0 bridgehead atoms. The largest absolute Gasteiger partial charge is 0.491 e. The summed E-state index contributed by atoms with van der Waals surface area (Å²) in [5.74, 6) is 0.702. The molecular formula is C22H26Cl2N2O4. The molecule has 1 N–H and O–H groups in total. The molecule has 1 atom stereocenters. The van der Waals surface area contributed by atoms with Crippen molar-refractivity contribution in [1.29, 1.82) is 0 Å². The number of likely N-dealkylation sites (N-methyl/N-ethyl adjacent to an activating group) is 1. The van der Waals surface area contributed by atoms with Crippen LogP contribution in [-0.4, -0.2) is 44.0 Å². The summed E-state index contributed by atoms with van der Waals surface area (Å²) in [7, 11) is 3.34. The Balaban J connectivity index is 1.95. The number of nitrogens with zero attached hydrogens (tertiary/aromatic N) is 1. The second-order valence-corrected chi connectivity index (χ2v) is 7.58. The van der Waals surface area contributed by atoms with Gasteiger partial charge in [-0.2, -0.15) is 0 Å². The smallest absolute Gasteiger partial charge is 0.259 e. The molecule has 0 aromatic heterocycles. The maximum atomic E-state index is 12.4. The highest BCUT2D eigenvalue weighted by molar-refractivity contribution is 6.42. The average molecular weight is 453 g/mol. The highest BCUT2D eigenvalue weighted by Crippen LogP contribution is 2.31. The van der Waals surface area contributed by atoms with Crippen LogP contribution in [0, 0.1) is 0 Å². The highest BCUT2D eigenvalue weighted by Gasteiger charge is 2.18. The fourth-order valence-corrected chi connectivity index (χ4v) is 3.03. The van der Waals surface area contributed by atoms with Gasteiger partial charge in [-0.15, -0.1) is 0 Å². The fraction of sp³-hybridized carbons (Fsp3) is 0.364. The van der Waals surface area contributed by atoms with E-state index < -0.39 is 0 Å². The highest BCUT2D eigenvalue weighted by atomic mass is 35.5. The second-order valence-electron chi connectivity index (χ2n) is 6.79. The quantitative estimate of drug-likeness (QED) is 0.576. The first-order valence-corrected chi connectivity index (χ1v) is 10.4. The van der Waals surface area contributed by atoms with Crippen molar-refractivity contribution in [2.24, 2.45) is 0 Å². The number of carbonyl (C=O) groups excluding carboxylic acids is 2. The van der Waals surface area contributed by atoms with Crippen molar-refractivity contribution in [3.05, 3.63) is 58.1 Å². The fourth-order valence-electron chi connectivity index (χ4n) is 2.68. The summed E-state index contributed by atoms with van der Waals surface area (Å²) in [4.78, 5) is 25.7. The molecule has 6 nitrogen and oxygen atoms in total. The van der Waals surface area contributed by atoms with Crippen LogP contribution in [0.5, 0.6) is 11.5 Å². The number of ether oxygens (including phenoxy) is 2. The number of benzene rings is 2. The minimum Gasteiger partial charge on any atom is -0.491 e. The van der Waals surface area contributed by atoms with Crippen molar-refractivity contribution in [1.82, 2.24) is 10.2 Å². The first-order valence-electron chi connectivity index (χ1n) is 9.61. The van der Waals surface area contributed by atoms with Gasteiger partial charge in [-0.1, -0.05) is 54.4 Å². The molecule has 162 valence electrons. The molecule has 2 amide bonds. The molecule has 0 fully saturated rings. The second kappa shape index (κ2) is 11.7. The van der Waals surface area contributed by atoms with Gasteiger partial charge in [0.25, 0.3) is 5.91 Å². The maximum absolute atomic E-state index is 12.4. The van der Waals surface area contributed by atoms with Gasteiger partial charge >= 0.3 is 0 Å². The Labute approximate surface area is 187 Å². The van der Waals surface area contributed by atoms with Crippen LogP contribution in [0.3, 0.4) is 0 Å². The Kier molecular flexibility index (Phi) is 9.27. The van der Waals surface area contributed by atoms with E-state index >= 15 is 0 Å². The topological polar surface area (TPSA) is 67.9 Å². The van der Waals surface area contributed by atoms with Gasteiger partial charge in [0.2, 0.25) is 5.91 Å². The summed E-state index contributed by atoms with van der Waals surface area (Å²) in [5, 5.41) is 3.71. The molecule has 2 rings (SSSR count). The molecular weight excluding hydrogens is 427 g/mol. The van der Waals surface area contributed by atoms with Gasteiger partial charge < -0.3 is 19.7 Å². The number of para-hydroxylation sites is 1. The zero-order valence-corrected chi connectivity index (χ0v) is 18.8.